The fourth-order valence-electron chi connectivity index (χ4n) is 6.43. The quantitative estimate of drug-likeness (QED) is 0.141. The van der Waals surface area contributed by atoms with Gasteiger partial charge in [-0.3, -0.25) is 14.4 Å². The number of imide groups is 1. The number of rotatable bonds is 9. The van der Waals surface area contributed by atoms with Crippen molar-refractivity contribution in [1.29, 1.82) is 0 Å². The SMILES string of the molecule is CC(=O)Cl.CCc1cnc(-c2nn(Cc3ccccc3F)c3ncccc23)nc1N.CCc1cnc(-c2nn(Cc3ccccc3F)c3ncccc23)nc1N(C(C)=O)C(C)=O. The van der Waals surface area contributed by atoms with Gasteiger partial charge in [-0.05, 0) is 60.8 Å². The topological polar surface area (TPSA) is 193 Å². The molecule has 316 valence electrons. The fraction of sp³-hybridized carbons (Fsp3) is 0.205. The molecule has 0 saturated carbocycles. The summed E-state index contributed by atoms with van der Waals surface area (Å²) >= 11 is 4.64. The second-order valence-electron chi connectivity index (χ2n) is 13.6. The number of anilines is 2. The van der Waals surface area contributed by atoms with E-state index in [1.807, 2.05) is 32.0 Å². The van der Waals surface area contributed by atoms with Crippen LogP contribution in [0, 0.1) is 11.6 Å². The molecule has 2 N–H and O–H groups in total. The molecule has 0 aliphatic heterocycles. The number of pyridine rings is 2. The highest BCUT2D eigenvalue weighted by Crippen LogP contribution is 2.29. The number of carbonyl (C=O) groups is 3. The van der Waals surface area contributed by atoms with Gasteiger partial charge < -0.3 is 5.73 Å². The van der Waals surface area contributed by atoms with Crippen LogP contribution in [0.5, 0.6) is 0 Å². The van der Waals surface area contributed by atoms with Crippen LogP contribution in [0.3, 0.4) is 0 Å². The molecule has 8 aromatic rings. The monoisotopic (exact) mass is 858 g/mol. The molecule has 0 unspecified atom stereocenters. The van der Waals surface area contributed by atoms with Crippen molar-refractivity contribution in [2.24, 2.45) is 0 Å². The number of aromatic nitrogens is 10. The average Bonchev–Trinajstić information content (AvgIpc) is 3.80. The third-order valence-corrected chi connectivity index (χ3v) is 9.34. The minimum absolute atomic E-state index is 0.174. The maximum atomic E-state index is 14.2. The summed E-state index contributed by atoms with van der Waals surface area (Å²) in [7, 11) is 0. The summed E-state index contributed by atoms with van der Waals surface area (Å²) < 4.78 is 31.5. The molecule has 62 heavy (non-hydrogen) atoms. The lowest BCUT2D eigenvalue weighted by Gasteiger charge is -2.19. The van der Waals surface area contributed by atoms with Gasteiger partial charge in [0.25, 0.3) is 0 Å². The summed E-state index contributed by atoms with van der Waals surface area (Å²) in [4.78, 5) is 61.1. The van der Waals surface area contributed by atoms with Crippen molar-refractivity contribution in [3.05, 3.63) is 131 Å². The number of nitrogen functional groups attached to an aromatic ring is 1. The van der Waals surface area contributed by atoms with E-state index >= 15 is 0 Å². The maximum Gasteiger partial charge on any atom is 0.231 e. The van der Waals surface area contributed by atoms with E-state index in [-0.39, 0.29) is 41.6 Å². The minimum Gasteiger partial charge on any atom is -0.383 e. The van der Waals surface area contributed by atoms with E-state index in [4.69, 9.17) is 5.73 Å². The predicted octanol–water partition coefficient (Wildman–Crippen LogP) is 7.53. The fourth-order valence-corrected chi connectivity index (χ4v) is 6.43. The van der Waals surface area contributed by atoms with E-state index in [1.165, 1.54) is 32.9 Å². The molecule has 15 nitrogen and oxygen atoms in total. The van der Waals surface area contributed by atoms with Crippen LogP contribution in [0.2, 0.25) is 0 Å². The van der Waals surface area contributed by atoms with Crippen LogP contribution >= 0.6 is 11.6 Å². The molecule has 0 bridgehead atoms. The lowest BCUT2D eigenvalue weighted by atomic mass is 10.2. The van der Waals surface area contributed by atoms with Crippen LogP contribution in [0.25, 0.3) is 45.1 Å². The number of amides is 2. The van der Waals surface area contributed by atoms with Crippen LogP contribution in [-0.2, 0) is 40.3 Å². The zero-order valence-corrected chi connectivity index (χ0v) is 35.2. The number of nitrogens with zero attached hydrogens (tertiary/aromatic N) is 11. The Labute approximate surface area is 359 Å². The number of fused-ring (bicyclic) bond motifs is 2. The van der Waals surface area contributed by atoms with Gasteiger partial charge in [0.05, 0.1) is 23.9 Å². The number of halogens is 3. The van der Waals surface area contributed by atoms with E-state index in [0.717, 1.165) is 22.3 Å². The molecule has 0 saturated heterocycles. The second-order valence-corrected chi connectivity index (χ2v) is 14.2. The number of hydrogen-bond donors (Lipinski definition) is 1. The summed E-state index contributed by atoms with van der Waals surface area (Å²) in [5, 5.41) is 10.3. The average molecular weight is 859 g/mol. The molecule has 2 amide bonds. The Balaban J connectivity index is 0.000000194. The molecule has 0 aliphatic carbocycles. The van der Waals surface area contributed by atoms with Crippen LogP contribution in [0.4, 0.5) is 20.4 Å². The van der Waals surface area contributed by atoms with E-state index in [2.05, 4.69) is 51.7 Å². The van der Waals surface area contributed by atoms with Crippen LogP contribution in [0.1, 0.15) is 56.9 Å². The third kappa shape index (κ3) is 9.96. The van der Waals surface area contributed by atoms with Gasteiger partial charge in [0.1, 0.15) is 34.7 Å². The zero-order chi connectivity index (χ0) is 44.5. The molecular weight excluding hydrogens is 818 g/mol. The summed E-state index contributed by atoms with van der Waals surface area (Å²) in [6.45, 7) is 8.24. The first-order valence-electron chi connectivity index (χ1n) is 19.4. The predicted molar refractivity (Wildman–Crippen MR) is 232 cm³/mol. The molecule has 0 fully saturated rings. The molecule has 8 rings (SSSR count). The second kappa shape index (κ2) is 19.8. The van der Waals surface area contributed by atoms with Crippen molar-refractivity contribution in [3.63, 3.8) is 0 Å². The molecular formula is C44H41ClF2N12O3. The summed E-state index contributed by atoms with van der Waals surface area (Å²) in [5.41, 5.74) is 10.8. The Hall–Kier alpha value is -7.40. The maximum absolute atomic E-state index is 14.2. The van der Waals surface area contributed by atoms with Gasteiger partial charge in [-0.1, -0.05) is 50.2 Å². The van der Waals surface area contributed by atoms with Gasteiger partial charge in [-0.25, -0.2) is 52.9 Å². The number of carbonyl (C=O) groups excluding carboxylic acids is 3. The number of aryl methyl sites for hydroxylation is 2. The smallest absolute Gasteiger partial charge is 0.231 e. The van der Waals surface area contributed by atoms with Gasteiger partial charge in [0.2, 0.25) is 17.1 Å². The molecule has 6 aromatic heterocycles. The number of nitrogens with two attached hydrogens (primary N) is 1. The summed E-state index contributed by atoms with van der Waals surface area (Å²) in [5.74, 6) is -0.127. The zero-order valence-electron chi connectivity index (χ0n) is 34.4. The molecule has 0 spiro atoms. The Morgan fingerprint density at radius 3 is 1.48 bits per heavy atom. The van der Waals surface area contributed by atoms with Crippen molar-refractivity contribution in [2.75, 3.05) is 10.6 Å². The van der Waals surface area contributed by atoms with Gasteiger partial charge in [-0.15, -0.1) is 0 Å². The third-order valence-electron chi connectivity index (χ3n) is 9.34. The van der Waals surface area contributed by atoms with Crippen molar-refractivity contribution >= 4 is 62.4 Å². The molecule has 0 aliphatic rings. The first-order valence-corrected chi connectivity index (χ1v) is 19.7. The molecule has 18 heteroatoms. The standard InChI is InChI=1S/C23H21FN6O2.C19H17FN6.C2H3ClO/c1-4-16-12-26-21(27-22(16)30(14(2)31)15(3)32)20-18-9-7-11-25-23(18)29(28-20)13-17-8-5-6-10-19(17)24;1-2-12-10-23-18(24-17(12)21)16-14-7-5-9-22-19(14)26(25-16)11-13-6-3-4-8-15(13)20;1-2(3)4/h5-12H,4,13H2,1-3H3;3-10H,2,11H2,1H3,(H2,21,23,24);1H3. The Morgan fingerprint density at radius 2 is 1.06 bits per heavy atom. The van der Waals surface area contributed by atoms with Crippen molar-refractivity contribution < 1.29 is 23.2 Å². The van der Waals surface area contributed by atoms with Gasteiger partial charge in [-0.2, -0.15) is 10.2 Å². The van der Waals surface area contributed by atoms with Crippen LogP contribution < -0.4 is 10.6 Å². The largest absolute Gasteiger partial charge is 0.383 e. The van der Waals surface area contributed by atoms with E-state index in [1.54, 1.807) is 76.6 Å². The van der Waals surface area contributed by atoms with Gasteiger partial charge >= 0.3 is 0 Å². The Bertz CT molecular complexity index is 2900. The highest BCUT2D eigenvalue weighted by molar-refractivity contribution is 6.62. The number of benzene rings is 2. The summed E-state index contributed by atoms with van der Waals surface area (Å²) in [6, 6.07) is 20.4. The molecule has 2 aromatic carbocycles. The first kappa shape index (κ1) is 44.2. The van der Waals surface area contributed by atoms with Crippen molar-refractivity contribution in [2.45, 2.75) is 60.5 Å². The highest BCUT2D eigenvalue weighted by Gasteiger charge is 2.24. The minimum atomic E-state index is -0.437. The molecule has 0 radical (unpaired) electrons. The van der Waals surface area contributed by atoms with E-state index in [0.29, 0.717) is 62.8 Å². The van der Waals surface area contributed by atoms with E-state index in [9.17, 15) is 23.2 Å². The number of hydrogen-bond acceptors (Lipinski definition) is 12. The lowest BCUT2D eigenvalue weighted by Crippen LogP contribution is -2.34. The Morgan fingerprint density at radius 1 is 0.629 bits per heavy atom. The van der Waals surface area contributed by atoms with Gasteiger partial charge in [0.15, 0.2) is 22.9 Å². The first-order chi connectivity index (χ1) is 29.8. The molecule has 6 heterocycles. The van der Waals surface area contributed by atoms with E-state index < -0.39 is 11.8 Å². The summed E-state index contributed by atoms with van der Waals surface area (Å²) in [6.07, 6.45) is 7.92. The van der Waals surface area contributed by atoms with Crippen molar-refractivity contribution in [1.82, 2.24) is 49.5 Å². The van der Waals surface area contributed by atoms with Crippen LogP contribution in [0.15, 0.2) is 97.6 Å². The Kier molecular flexibility index (Phi) is 14.1. The van der Waals surface area contributed by atoms with Crippen molar-refractivity contribution in [3.8, 4) is 23.0 Å². The van der Waals surface area contributed by atoms with Crippen LogP contribution in [-0.4, -0.2) is 66.5 Å². The lowest BCUT2D eigenvalue weighted by molar-refractivity contribution is -0.124. The highest BCUT2D eigenvalue weighted by atomic mass is 35.5. The van der Waals surface area contributed by atoms with Gasteiger partial charge in [0, 0.05) is 67.8 Å². The molecule has 0 atom stereocenters. The normalized spacial score (nSPS) is 10.8.